The summed E-state index contributed by atoms with van der Waals surface area (Å²) >= 11 is 0. The number of nitrogens with zero attached hydrogens (tertiary/aromatic N) is 2. The first-order chi connectivity index (χ1) is 14.5. The van der Waals surface area contributed by atoms with E-state index < -0.39 is 11.9 Å². The summed E-state index contributed by atoms with van der Waals surface area (Å²) in [5, 5.41) is 2.72. The van der Waals surface area contributed by atoms with Gasteiger partial charge in [-0.1, -0.05) is 24.3 Å². The van der Waals surface area contributed by atoms with Crippen LogP contribution in [0.25, 0.3) is 0 Å². The molecule has 0 aromatic heterocycles. The average molecular weight is 413 g/mol. The molecule has 1 saturated heterocycles. The van der Waals surface area contributed by atoms with Crippen molar-refractivity contribution in [3.8, 4) is 5.75 Å². The molecule has 1 unspecified atom stereocenters. The number of halogens is 1. The van der Waals surface area contributed by atoms with E-state index in [1.807, 2.05) is 18.2 Å². The summed E-state index contributed by atoms with van der Waals surface area (Å²) < 4.78 is 19.0. The van der Waals surface area contributed by atoms with Crippen molar-refractivity contribution in [3.63, 3.8) is 0 Å². The van der Waals surface area contributed by atoms with Gasteiger partial charge in [0.05, 0.1) is 18.8 Å². The Hall–Kier alpha value is -2.93. The minimum absolute atomic E-state index is 0.266. The number of benzene rings is 2. The Morgan fingerprint density at radius 2 is 1.83 bits per heavy atom. The molecule has 0 radical (unpaired) electrons. The van der Waals surface area contributed by atoms with Gasteiger partial charge in [-0.3, -0.25) is 14.5 Å². The van der Waals surface area contributed by atoms with Crippen LogP contribution >= 0.6 is 0 Å². The van der Waals surface area contributed by atoms with E-state index in [1.54, 1.807) is 13.2 Å². The smallest absolute Gasteiger partial charge is 0.217 e. The van der Waals surface area contributed by atoms with Crippen LogP contribution in [0.1, 0.15) is 23.7 Å². The fraction of sp³-hybridized carbons (Fsp3) is 0.391. The van der Waals surface area contributed by atoms with E-state index in [0.29, 0.717) is 13.0 Å². The van der Waals surface area contributed by atoms with Gasteiger partial charge < -0.3 is 15.0 Å². The van der Waals surface area contributed by atoms with Crippen LogP contribution in [-0.2, 0) is 4.79 Å². The van der Waals surface area contributed by atoms with Crippen molar-refractivity contribution in [2.75, 3.05) is 44.7 Å². The molecule has 1 atom stereocenters. The molecule has 2 aromatic rings. The van der Waals surface area contributed by atoms with Crippen molar-refractivity contribution in [1.82, 2.24) is 10.2 Å². The molecule has 2 aromatic carbocycles. The number of para-hydroxylation sites is 2. The number of hydrogen-bond donors (Lipinski definition) is 1. The Morgan fingerprint density at radius 1 is 1.10 bits per heavy atom. The molecule has 0 spiro atoms. The van der Waals surface area contributed by atoms with Gasteiger partial charge in [-0.15, -0.1) is 0 Å². The Morgan fingerprint density at radius 3 is 2.50 bits per heavy atom. The fourth-order valence-corrected chi connectivity index (χ4v) is 3.77. The van der Waals surface area contributed by atoms with Crippen LogP contribution in [0.4, 0.5) is 10.1 Å². The van der Waals surface area contributed by atoms with E-state index in [0.717, 1.165) is 37.6 Å². The summed E-state index contributed by atoms with van der Waals surface area (Å²) in [6.07, 6.45) is 0.476. The first-order valence-corrected chi connectivity index (χ1v) is 10.1. The molecule has 3 rings (SSSR count). The second-order valence-electron chi connectivity index (χ2n) is 7.42. The molecule has 0 saturated carbocycles. The topological polar surface area (TPSA) is 61.9 Å². The third-order valence-electron chi connectivity index (χ3n) is 5.34. The SMILES string of the molecule is COc1ccccc1N1CCN(CCC(NC(C)=O)C(=O)c2cccc(F)c2)CC1. The Labute approximate surface area is 176 Å². The number of nitrogens with one attached hydrogen (secondary N) is 1. The van der Waals surface area contributed by atoms with E-state index in [2.05, 4.69) is 21.2 Å². The summed E-state index contributed by atoms with van der Waals surface area (Å²) in [6.45, 7) is 5.45. The minimum Gasteiger partial charge on any atom is -0.495 e. The monoisotopic (exact) mass is 413 g/mol. The van der Waals surface area contributed by atoms with Crippen molar-refractivity contribution < 1.29 is 18.7 Å². The zero-order valence-corrected chi connectivity index (χ0v) is 17.4. The third kappa shape index (κ3) is 5.57. The standard InChI is InChI=1S/C23H28FN3O3/c1-17(28)25-20(23(29)18-6-5-7-19(24)16-18)10-11-26-12-14-27(15-13-26)21-8-3-4-9-22(21)30-2/h3-9,16,20H,10-15H2,1-2H3,(H,25,28). The second kappa shape index (κ2) is 10.2. The van der Waals surface area contributed by atoms with Crippen LogP contribution in [0.2, 0.25) is 0 Å². The third-order valence-corrected chi connectivity index (χ3v) is 5.34. The lowest BCUT2D eigenvalue weighted by atomic mass is 10.0. The molecular formula is C23H28FN3O3. The molecular weight excluding hydrogens is 385 g/mol. The summed E-state index contributed by atoms with van der Waals surface area (Å²) in [7, 11) is 1.67. The molecule has 1 N–H and O–H groups in total. The Balaban J connectivity index is 1.57. The van der Waals surface area contributed by atoms with Gasteiger partial charge in [-0.05, 0) is 30.7 Å². The summed E-state index contributed by atoms with van der Waals surface area (Å²) in [5.74, 6) is -0.143. The quantitative estimate of drug-likeness (QED) is 0.675. The maximum absolute atomic E-state index is 13.5. The van der Waals surface area contributed by atoms with Crippen molar-refractivity contribution in [2.24, 2.45) is 0 Å². The molecule has 1 fully saturated rings. The largest absolute Gasteiger partial charge is 0.495 e. The molecule has 1 aliphatic rings. The number of ether oxygens (including phenoxy) is 1. The number of carbonyl (C=O) groups is 2. The minimum atomic E-state index is -0.670. The molecule has 160 valence electrons. The maximum atomic E-state index is 13.5. The lowest BCUT2D eigenvalue weighted by molar-refractivity contribution is -0.119. The number of piperazine rings is 1. The van der Waals surface area contributed by atoms with Gasteiger partial charge in [0.1, 0.15) is 11.6 Å². The van der Waals surface area contributed by atoms with E-state index in [-0.39, 0.29) is 17.3 Å². The summed E-state index contributed by atoms with van der Waals surface area (Å²) in [4.78, 5) is 29.0. The maximum Gasteiger partial charge on any atom is 0.217 e. The van der Waals surface area contributed by atoms with Gasteiger partial charge in [0.15, 0.2) is 5.78 Å². The van der Waals surface area contributed by atoms with E-state index in [4.69, 9.17) is 4.74 Å². The fourth-order valence-electron chi connectivity index (χ4n) is 3.77. The van der Waals surface area contributed by atoms with Crippen LogP contribution in [0.15, 0.2) is 48.5 Å². The second-order valence-corrected chi connectivity index (χ2v) is 7.42. The Kier molecular flexibility index (Phi) is 7.41. The van der Waals surface area contributed by atoms with Crippen LogP contribution in [-0.4, -0.2) is 62.5 Å². The van der Waals surface area contributed by atoms with Gasteiger partial charge >= 0.3 is 0 Å². The number of hydrogen-bond acceptors (Lipinski definition) is 5. The zero-order chi connectivity index (χ0) is 21.5. The predicted molar refractivity (Wildman–Crippen MR) is 115 cm³/mol. The predicted octanol–water partition coefficient (Wildman–Crippen LogP) is 2.73. The van der Waals surface area contributed by atoms with Gasteiger partial charge in [0.25, 0.3) is 0 Å². The lowest BCUT2D eigenvalue weighted by Gasteiger charge is -2.37. The van der Waals surface area contributed by atoms with Crippen LogP contribution in [0.5, 0.6) is 5.75 Å². The van der Waals surface area contributed by atoms with Crippen LogP contribution in [0.3, 0.4) is 0 Å². The molecule has 1 amide bonds. The molecule has 1 heterocycles. The highest BCUT2D eigenvalue weighted by Gasteiger charge is 2.24. The van der Waals surface area contributed by atoms with E-state index in [1.165, 1.54) is 25.1 Å². The van der Waals surface area contributed by atoms with Crippen molar-refractivity contribution in [2.45, 2.75) is 19.4 Å². The lowest BCUT2D eigenvalue weighted by Crippen LogP contribution is -2.48. The highest BCUT2D eigenvalue weighted by molar-refractivity contribution is 6.01. The van der Waals surface area contributed by atoms with Crippen LogP contribution in [0, 0.1) is 5.82 Å². The number of Topliss-reactive ketones (excluding diaryl/α,β-unsaturated/α-hetero) is 1. The van der Waals surface area contributed by atoms with Gasteiger partial charge in [0.2, 0.25) is 5.91 Å². The first kappa shape index (κ1) is 21.8. The van der Waals surface area contributed by atoms with Crippen LogP contribution < -0.4 is 15.0 Å². The van der Waals surface area contributed by atoms with E-state index in [9.17, 15) is 14.0 Å². The summed E-state index contributed by atoms with van der Waals surface area (Å²) in [6, 6.07) is 12.9. The summed E-state index contributed by atoms with van der Waals surface area (Å²) in [5.41, 5.74) is 1.35. The number of rotatable bonds is 8. The Bertz CT molecular complexity index is 882. The molecule has 1 aliphatic heterocycles. The molecule has 0 bridgehead atoms. The van der Waals surface area contributed by atoms with Crippen molar-refractivity contribution >= 4 is 17.4 Å². The normalized spacial score (nSPS) is 15.5. The number of carbonyl (C=O) groups excluding carboxylic acids is 2. The molecule has 7 heteroatoms. The number of ketones is 1. The van der Waals surface area contributed by atoms with Gasteiger partial charge in [0, 0.05) is 45.2 Å². The molecule has 30 heavy (non-hydrogen) atoms. The van der Waals surface area contributed by atoms with Gasteiger partial charge in [-0.25, -0.2) is 4.39 Å². The average Bonchev–Trinajstić information content (AvgIpc) is 2.76. The van der Waals surface area contributed by atoms with Gasteiger partial charge in [-0.2, -0.15) is 0 Å². The van der Waals surface area contributed by atoms with Crippen molar-refractivity contribution in [1.29, 1.82) is 0 Å². The van der Waals surface area contributed by atoms with E-state index >= 15 is 0 Å². The zero-order valence-electron chi connectivity index (χ0n) is 17.4. The number of methoxy groups -OCH3 is 1. The molecule has 6 nitrogen and oxygen atoms in total. The first-order valence-electron chi connectivity index (χ1n) is 10.1. The highest BCUT2D eigenvalue weighted by atomic mass is 19.1. The number of anilines is 1. The highest BCUT2D eigenvalue weighted by Crippen LogP contribution is 2.28. The molecule has 0 aliphatic carbocycles. The van der Waals surface area contributed by atoms with Crippen molar-refractivity contribution in [3.05, 3.63) is 59.9 Å². The number of amides is 1.